The van der Waals surface area contributed by atoms with Gasteiger partial charge < -0.3 is 14.6 Å². The highest BCUT2D eigenvalue weighted by molar-refractivity contribution is 6.34. The molecular weight excluding hydrogens is 288 g/mol. The molecule has 110 valence electrons. The molecule has 1 aromatic carbocycles. The van der Waals surface area contributed by atoms with Crippen molar-refractivity contribution in [3.63, 3.8) is 0 Å². The minimum absolute atomic E-state index is 0.0250. The van der Waals surface area contributed by atoms with Gasteiger partial charge in [0.25, 0.3) is 0 Å². The first kappa shape index (κ1) is 13.8. The number of benzene rings is 1. The average Bonchev–Trinajstić information content (AvgIpc) is 2.47. The Morgan fingerprint density at radius 3 is 2.50 bits per heavy atom. The van der Waals surface area contributed by atoms with E-state index < -0.39 is 22.9 Å². The first-order valence-electron chi connectivity index (χ1n) is 6.37. The van der Waals surface area contributed by atoms with E-state index in [2.05, 4.69) is 0 Å². The third kappa shape index (κ3) is 1.93. The summed E-state index contributed by atoms with van der Waals surface area (Å²) >= 11 is 0. The normalized spacial score (nSPS) is 14.5. The van der Waals surface area contributed by atoms with E-state index in [0.717, 1.165) is 18.2 Å². The van der Waals surface area contributed by atoms with E-state index in [1.807, 2.05) is 0 Å². The molecule has 0 amide bonds. The van der Waals surface area contributed by atoms with Crippen molar-refractivity contribution in [2.24, 2.45) is 0 Å². The minimum Gasteiger partial charge on any atom is -0.508 e. The minimum atomic E-state index is -0.957. The van der Waals surface area contributed by atoms with E-state index >= 15 is 0 Å². The van der Waals surface area contributed by atoms with Crippen LogP contribution in [-0.2, 0) is 9.59 Å². The summed E-state index contributed by atoms with van der Waals surface area (Å²) in [5.41, 5.74) is -1.22. The maximum absolute atomic E-state index is 12.1. The third-order valence-corrected chi connectivity index (χ3v) is 3.49. The van der Waals surface area contributed by atoms with Crippen LogP contribution < -0.4 is 5.63 Å². The van der Waals surface area contributed by atoms with Gasteiger partial charge in [0.2, 0.25) is 0 Å². The number of phenolic OH excluding ortho intramolecular Hbond substituents is 1. The number of phenols is 1. The molecule has 1 heterocycles. The highest BCUT2D eigenvalue weighted by atomic mass is 16.4. The number of carbonyl (C=O) groups is 2. The molecule has 0 unspecified atom stereocenters. The quantitative estimate of drug-likeness (QED) is 0.612. The zero-order valence-corrected chi connectivity index (χ0v) is 11.4. The smallest absolute Gasteiger partial charge is 0.348 e. The number of aryl methyl sites for hydroxylation is 1. The van der Waals surface area contributed by atoms with E-state index in [1.165, 1.54) is 19.1 Å². The summed E-state index contributed by atoms with van der Waals surface area (Å²) in [6.45, 7) is 1.52. The van der Waals surface area contributed by atoms with Gasteiger partial charge >= 0.3 is 5.63 Å². The maximum Gasteiger partial charge on any atom is 0.348 e. The lowest BCUT2D eigenvalue weighted by molar-refractivity contribution is -0.113. The standard InChI is InChI=1S/C16H10O6/c1-7-11(18)5-3-9-14(20)13(16(21)22-15(7)9)10-6-8(17)2-4-12(10)19/h2-6,18,20H,1H3. The largest absolute Gasteiger partial charge is 0.508 e. The summed E-state index contributed by atoms with van der Waals surface area (Å²) < 4.78 is 5.12. The number of aromatic hydroxyl groups is 2. The van der Waals surface area contributed by atoms with Crippen molar-refractivity contribution in [3.8, 4) is 11.5 Å². The molecule has 0 atom stereocenters. The van der Waals surface area contributed by atoms with E-state index in [0.29, 0.717) is 0 Å². The highest BCUT2D eigenvalue weighted by Crippen LogP contribution is 2.35. The number of rotatable bonds is 1. The predicted octanol–water partition coefficient (Wildman–Crippen LogP) is 1.60. The molecule has 0 radical (unpaired) electrons. The Morgan fingerprint density at radius 1 is 1.05 bits per heavy atom. The first-order chi connectivity index (χ1) is 10.4. The molecule has 6 nitrogen and oxygen atoms in total. The SMILES string of the molecule is Cc1c(O)ccc2c(O)c(C3=CC(=O)C=CC3=O)c(=O)oc12. The van der Waals surface area contributed by atoms with Crippen LogP contribution in [0.15, 0.2) is 39.6 Å². The van der Waals surface area contributed by atoms with Crippen molar-refractivity contribution in [1.29, 1.82) is 0 Å². The second-order valence-corrected chi connectivity index (χ2v) is 4.86. The van der Waals surface area contributed by atoms with E-state index in [-0.39, 0.29) is 33.4 Å². The van der Waals surface area contributed by atoms with Crippen molar-refractivity contribution in [2.75, 3.05) is 0 Å². The molecule has 1 aliphatic rings. The summed E-state index contributed by atoms with van der Waals surface area (Å²) in [5.74, 6) is -1.58. The number of carbonyl (C=O) groups excluding carboxylic acids is 2. The summed E-state index contributed by atoms with van der Waals surface area (Å²) in [4.78, 5) is 35.4. The molecule has 0 saturated heterocycles. The van der Waals surface area contributed by atoms with Gasteiger partial charge in [-0.05, 0) is 37.3 Å². The first-order valence-corrected chi connectivity index (χ1v) is 6.37. The monoisotopic (exact) mass is 298 g/mol. The topological polar surface area (TPSA) is 105 Å². The lowest BCUT2D eigenvalue weighted by Gasteiger charge is -2.11. The van der Waals surface area contributed by atoms with Crippen LogP contribution in [0.4, 0.5) is 0 Å². The lowest BCUT2D eigenvalue weighted by atomic mass is 9.95. The summed E-state index contributed by atoms with van der Waals surface area (Å²) in [7, 11) is 0. The van der Waals surface area contributed by atoms with Crippen LogP contribution in [0.1, 0.15) is 11.1 Å². The number of fused-ring (bicyclic) bond motifs is 1. The Balaban J connectivity index is 2.38. The van der Waals surface area contributed by atoms with Crippen molar-refractivity contribution >= 4 is 28.1 Å². The Hall–Kier alpha value is -3.15. The van der Waals surface area contributed by atoms with E-state index in [9.17, 15) is 24.6 Å². The molecule has 0 saturated carbocycles. The Morgan fingerprint density at radius 2 is 1.77 bits per heavy atom. The van der Waals surface area contributed by atoms with Crippen LogP contribution in [-0.4, -0.2) is 21.8 Å². The van der Waals surface area contributed by atoms with E-state index in [1.54, 1.807) is 0 Å². The molecule has 3 rings (SSSR count). The molecule has 22 heavy (non-hydrogen) atoms. The van der Waals surface area contributed by atoms with Gasteiger partial charge in [-0.15, -0.1) is 0 Å². The number of ketones is 2. The molecule has 6 heteroatoms. The maximum atomic E-state index is 12.1. The van der Waals surface area contributed by atoms with Crippen molar-refractivity contribution in [1.82, 2.24) is 0 Å². The van der Waals surface area contributed by atoms with E-state index in [4.69, 9.17) is 4.42 Å². The van der Waals surface area contributed by atoms with Gasteiger partial charge in [0, 0.05) is 11.1 Å². The number of hydrogen-bond donors (Lipinski definition) is 2. The fourth-order valence-corrected chi connectivity index (χ4v) is 2.32. The highest BCUT2D eigenvalue weighted by Gasteiger charge is 2.25. The second kappa shape index (κ2) is 4.70. The molecule has 2 N–H and O–H groups in total. The zero-order chi connectivity index (χ0) is 16.0. The fourth-order valence-electron chi connectivity index (χ4n) is 2.32. The van der Waals surface area contributed by atoms with Crippen molar-refractivity contribution in [2.45, 2.75) is 6.92 Å². The van der Waals surface area contributed by atoms with Gasteiger partial charge in [0.05, 0.1) is 5.39 Å². The summed E-state index contributed by atoms with van der Waals surface area (Å²) in [5, 5.41) is 20.1. The van der Waals surface area contributed by atoms with Gasteiger partial charge in [-0.25, -0.2) is 4.79 Å². The van der Waals surface area contributed by atoms with Crippen LogP contribution in [0.5, 0.6) is 11.5 Å². The second-order valence-electron chi connectivity index (χ2n) is 4.86. The van der Waals surface area contributed by atoms with Gasteiger partial charge in [-0.1, -0.05) is 0 Å². The summed E-state index contributed by atoms with van der Waals surface area (Å²) in [6.07, 6.45) is 3.09. The average molecular weight is 298 g/mol. The predicted molar refractivity (Wildman–Crippen MR) is 77.7 cm³/mol. The molecule has 1 aromatic heterocycles. The molecule has 1 aliphatic carbocycles. The number of hydrogen-bond acceptors (Lipinski definition) is 6. The van der Waals surface area contributed by atoms with Crippen molar-refractivity contribution < 1.29 is 24.2 Å². The lowest BCUT2D eigenvalue weighted by Crippen LogP contribution is -2.15. The summed E-state index contributed by atoms with van der Waals surface area (Å²) in [6, 6.07) is 2.70. The fraction of sp³-hybridized carbons (Fsp3) is 0.0625. The van der Waals surface area contributed by atoms with Crippen LogP contribution >= 0.6 is 0 Å². The van der Waals surface area contributed by atoms with Gasteiger partial charge in [-0.2, -0.15) is 0 Å². The van der Waals surface area contributed by atoms with Crippen molar-refractivity contribution in [3.05, 3.63) is 51.9 Å². The zero-order valence-electron chi connectivity index (χ0n) is 11.4. The molecule has 0 bridgehead atoms. The van der Waals surface area contributed by atoms with Crippen LogP contribution in [0.3, 0.4) is 0 Å². The Kier molecular flexibility index (Phi) is 2.95. The van der Waals surface area contributed by atoms with Gasteiger partial charge in [0.15, 0.2) is 11.6 Å². The van der Waals surface area contributed by atoms with Crippen LogP contribution in [0, 0.1) is 6.92 Å². The van der Waals surface area contributed by atoms with Crippen LogP contribution in [0.2, 0.25) is 0 Å². The third-order valence-electron chi connectivity index (χ3n) is 3.49. The van der Waals surface area contributed by atoms with Gasteiger partial charge in [-0.3, -0.25) is 9.59 Å². The molecule has 2 aromatic rings. The number of allylic oxidation sites excluding steroid dienone is 4. The Bertz CT molecular complexity index is 959. The Labute approximate surface area is 123 Å². The van der Waals surface area contributed by atoms with Crippen LogP contribution in [0.25, 0.3) is 16.5 Å². The molecule has 0 spiro atoms. The molecule has 0 aliphatic heterocycles. The van der Waals surface area contributed by atoms with Gasteiger partial charge in [0.1, 0.15) is 22.6 Å². The molecular formula is C16H10O6. The molecule has 0 fully saturated rings.